The lowest BCUT2D eigenvalue weighted by Gasteiger charge is -2.27. The molecular formula is C28H41N7O3. The molecule has 2 saturated heterocycles. The first-order chi connectivity index (χ1) is 18.4. The van der Waals surface area contributed by atoms with Gasteiger partial charge in [-0.25, -0.2) is 4.68 Å². The molecule has 2 aliphatic heterocycles. The predicted octanol–water partition coefficient (Wildman–Crippen LogP) is 2.11. The van der Waals surface area contributed by atoms with Crippen LogP contribution < -0.4 is 11.1 Å². The Morgan fingerprint density at radius 1 is 1.11 bits per heavy atom. The van der Waals surface area contributed by atoms with E-state index in [4.69, 9.17) is 5.73 Å². The number of hydrogen-bond donors (Lipinski definition) is 2. The van der Waals surface area contributed by atoms with Crippen molar-refractivity contribution in [1.82, 2.24) is 30.1 Å². The number of benzene rings is 1. The number of carbonyl (C=O) groups excluding carboxylic acids is 3. The minimum absolute atomic E-state index is 0.0700. The molecule has 3 unspecified atom stereocenters. The van der Waals surface area contributed by atoms with Crippen molar-refractivity contribution in [3.05, 3.63) is 23.8 Å². The van der Waals surface area contributed by atoms with Crippen LogP contribution in [0.3, 0.4) is 0 Å². The SMILES string of the molecule is Cn1nnc2cc(CNC(=O)C3CC(CC4CCCC4)CN3C(=O)C(N)CCC(=O)N3CCCC3)ccc21. The Hall–Kier alpha value is -3.01. The van der Waals surface area contributed by atoms with Crippen molar-refractivity contribution in [2.45, 2.75) is 82.8 Å². The van der Waals surface area contributed by atoms with Gasteiger partial charge in [0.15, 0.2) is 0 Å². The molecule has 38 heavy (non-hydrogen) atoms. The van der Waals surface area contributed by atoms with Gasteiger partial charge in [-0.05, 0) is 61.6 Å². The maximum atomic E-state index is 13.5. The number of aromatic nitrogens is 3. The Morgan fingerprint density at radius 2 is 1.87 bits per heavy atom. The Kier molecular flexibility index (Phi) is 8.26. The van der Waals surface area contributed by atoms with Crippen LogP contribution in [0.2, 0.25) is 0 Å². The molecule has 0 spiro atoms. The van der Waals surface area contributed by atoms with Crippen molar-refractivity contribution in [2.24, 2.45) is 24.6 Å². The minimum atomic E-state index is -0.777. The first-order valence-electron chi connectivity index (χ1n) is 14.3. The molecule has 5 rings (SSSR count). The number of amides is 3. The molecular weight excluding hydrogens is 482 g/mol. The maximum absolute atomic E-state index is 13.5. The van der Waals surface area contributed by atoms with Gasteiger partial charge in [0.05, 0.1) is 11.6 Å². The van der Waals surface area contributed by atoms with Crippen molar-refractivity contribution in [3.8, 4) is 0 Å². The smallest absolute Gasteiger partial charge is 0.243 e. The van der Waals surface area contributed by atoms with Gasteiger partial charge >= 0.3 is 0 Å². The van der Waals surface area contributed by atoms with Gasteiger partial charge in [-0.2, -0.15) is 0 Å². The molecule has 3 heterocycles. The maximum Gasteiger partial charge on any atom is 0.243 e. The van der Waals surface area contributed by atoms with Gasteiger partial charge in [0.1, 0.15) is 11.6 Å². The second kappa shape index (κ2) is 11.8. The van der Waals surface area contributed by atoms with Crippen molar-refractivity contribution < 1.29 is 14.4 Å². The highest BCUT2D eigenvalue weighted by Crippen LogP contribution is 2.36. The summed E-state index contributed by atoms with van der Waals surface area (Å²) in [7, 11) is 1.84. The topological polar surface area (TPSA) is 126 Å². The molecule has 3 amide bonds. The Morgan fingerprint density at radius 3 is 2.63 bits per heavy atom. The number of nitrogens with one attached hydrogen (secondary N) is 1. The largest absolute Gasteiger partial charge is 0.350 e. The fourth-order valence-corrected chi connectivity index (χ4v) is 6.55. The molecule has 0 bridgehead atoms. The zero-order valence-electron chi connectivity index (χ0n) is 22.5. The van der Waals surface area contributed by atoms with Crippen molar-refractivity contribution in [1.29, 1.82) is 0 Å². The van der Waals surface area contributed by atoms with Crippen LogP contribution in [0.25, 0.3) is 11.0 Å². The van der Waals surface area contributed by atoms with E-state index in [0.717, 1.165) is 48.9 Å². The molecule has 3 atom stereocenters. The summed E-state index contributed by atoms with van der Waals surface area (Å²) < 4.78 is 1.71. The van der Waals surface area contributed by atoms with E-state index in [2.05, 4.69) is 15.6 Å². The summed E-state index contributed by atoms with van der Waals surface area (Å²) in [6.07, 6.45) is 9.40. The number of aryl methyl sites for hydroxylation is 1. The molecule has 3 N–H and O–H groups in total. The van der Waals surface area contributed by atoms with Crippen molar-refractivity contribution >= 4 is 28.8 Å². The van der Waals surface area contributed by atoms with Crippen LogP contribution >= 0.6 is 0 Å². The second-order valence-corrected chi connectivity index (χ2v) is 11.5. The van der Waals surface area contributed by atoms with E-state index < -0.39 is 12.1 Å². The van der Waals surface area contributed by atoms with Gasteiger partial charge in [-0.3, -0.25) is 14.4 Å². The summed E-state index contributed by atoms with van der Waals surface area (Å²) in [5.74, 6) is 0.693. The molecule has 3 fully saturated rings. The van der Waals surface area contributed by atoms with E-state index in [1.807, 2.05) is 30.1 Å². The zero-order chi connectivity index (χ0) is 26.6. The van der Waals surface area contributed by atoms with Crippen LogP contribution in [-0.4, -0.2) is 74.2 Å². The van der Waals surface area contributed by atoms with Gasteiger partial charge in [-0.1, -0.05) is 37.0 Å². The summed E-state index contributed by atoms with van der Waals surface area (Å²) in [6.45, 7) is 2.51. The summed E-state index contributed by atoms with van der Waals surface area (Å²) in [4.78, 5) is 42.9. The van der Waals surface area contributed by atoms with Crippen LogP contribution in [0.15, 0.2) is 18.2 Å². The van der Waals surface area contributed by atoms with Crippen molar-refractivity contribution in [3.63, 3.8) is 0 Å². The molecule has 1 aromatic heterocycles. The van der Waals surface area contributed by atoms with Gasteiger partial charge < -0.3 is 20.9 Å². The summed E-state index contributed by atoms with van der Waals surface area (Å²) in [5.41, 5.74) is 8.97. The van der Waals surface area contributed by atoms with E-state index >= 15 is 0 Å². The molecule has 2 aromatic rings. The number of carbonyl (C=O) groups is 3. The average Bonchev–Trinajstić information content (AvgIpc) is 3.74. The lowest BCUT2D eigenvalue weighted by atomic mass is 9.91. The fourth-order valence-electron chi connectivity index (χ4n) is 6.55. The van der Waals surface area contributed by atoms with E-state index in [1.165, 1.54) is 25.7 Å². The molecule has 1 saturated carbocycles. The van der Waals surface area contributed by atoms with Gasteiger partial charge in [-0.15, -0.1) is 5.10 Å². The number of fused-ring (bicyclic) bond motifs is 1. The quantitative estimate of drug-likeness (QED) is 0.518. The summed E-state index contributed by atoms with van der Waals surface area (Å²) >= 11 is 0. The summed E-state index contributed by atoms with van der Waals surface area (Å²) in [5, 5.41) is 11.2. The van der Waals surface area contributed by atoms with Gasteiger partial charge in [0.25, 0.3) is 0 Å². The molecule has 0 radical (unpaired) electrons. The monoisotopic (exact) mass is 523 g/mol. The molecule has 1 aliphatic carbocycles. The predicted molar refractivity (Wildman–Crippen MR) is 144 cm³/mol. The van der Waals surface area contributed by atoms with E-state index in [0.29, 0.717) is 37.8 Å². The van der Waals surface area contributed by atoms with Crippen molar-refractivity contribution in [2.75, 3.05) is 19.6 Å². The first-order valence-corrected chi connectivity index (χ1v) is 14.3. The number of hydrogen-bond acceptors (Lipinski definition) is 6. The van der Waals surface area contributed by atoms with E-state index in [-0.39, 0.29) is 24.1 Å². The van der Waals surface area contributed by atoms with Gasteiger partial charge in [0, 0.05) is 39.6 Å². The third kappa shape index (κ3) is 6.00. The Bertz CT molecular complexity index is 1150. The number of nitrogens with zero attached hydrogens (tertiary/aromatic N) is 5. The molecule has 10 nitrogen and oxygen atoms in total. The summed E-state index contributed by atoms with van der Waals surface area (Å²) in [6, 6.07) is 4.52. The van der Waals surface area contributed by atoms with Crippen LogP contribution in [-0.2, 0) is 28.0 Å². The average molecular weight is 524 g/mol. The van der Waals surface area contributed by atoms with Crippen LogP contribution in [0.4, 0.5) is 0 Å². The Labute approximate surface area is 224 Å². The number of nitrogens with two attached hydrogens (primary N) is 1. The van der Waals surface area contributed by atoms with E-state index in [9.17, 15) is 14.4 Å². The minimum Gasteiger partial charge on any atom is -0.350 e. The lowest BCUT2D eigenvalue weighted by Crippen LogP contribution is -2.51. The molecule has 206 valence electrons. The molecule has 10 heteroatoms. The standard InChI is InChI=1S/C28H41N7O3/c1-33-24-10-8-20(15-23(24)31-32-33)17-30-27(37)25-16-21(14-19-6-2-3-7-19)18-35(25)28(38)22(29)9-11-26(36)34-12-4-5-13-34/h8,10,15,19,21-22,25H,2-7,9,11-14,16-18,29H2,1H3,(H,30,37). The zero-order valence-corrected chi connectivity index (χ0v) is 22.5. The normalized spacial score (nSPS) is 22.9. The first kappa shape index (κ1) is 26.6. The second-order valence-electron chi connectivity index (χ2n) is 11.5. The highest BCUT2D eigenvalue weighted by atomic mass is 16.2. The van der Waals surface area contributed by atoms with Crippen LogP contribution in [0.1, 0.15) is 69.8 Å². The highest BCUT2D eigenvalue weighted by molar-refractivity contribution is 5.90. The number of rotatable bonds is 9. The van der Waals surface area contributed by atoms with Gasteiger partial charge in [0.2, 0.25) is 17.7 Å². The van der Waals surface area contributed by atoms with Crippen LogP contribution in [0, 0.1) is 11.8 Å². The molecule has 1 aromatic carbocycles. The third-order valence-electron chi connectivity index (χ3n) is 8.70. The van der Waals surface area contributed by atoms with E-state index in [1.54, 1.807) is 9.58 Å². The third-order valence-corrected chi connectivity index (χ3v) is 8.70. The molecule has 3 aliphatic rings. The highest BCUT2D eigenvalue weighted by Gasteiger charge is 2.41. The lowest BCUT2D eigenvalue weighted by molar-refractivity contribution is -0.140. The Balaban J connectivity index is 1.22. The fraction of sp³-hybridized carbons (Fsp3) is 0.679. The van der Waals surface area contributed by atoms with Crippen LogP contribution in [0.5, 0.6) is 0 Å². The number of likely N-dealkylation sites (tertiary alicyclic amines) is 2.